The summed E-state index contributed by atoms with van der Waals surface area (Å²) >= 11 is 1.66. The summed E-state index contributed by atoms with van der Waals surface area (Å²) in [5.41, 5.74) is 1.27. The van der Waals surface area contributed by atoms with E-state index in [-0.39, 0.29) is 12.1 Å². The standard InChI is InChI=1S/C18H23N3OS/c22-18(19-13-16-9-6-12-23-16)20-14-17(21-10-4-5-11-21)15-7-2-1-3-8-15/h1-3,6-9,12,17H,4-5,10-11,13-14H2,(H2,19,20,22). The predicted octanol–water partition coefficient (Wildman–Crippen LogP) is 3.38. The molecule has 2 aromatic rings. The molecular weight excluding hydrogens is 306 g/mol. The van der Waals surface area contributed by atoms with Crippen LogP contribution in [0.3, 0.4) is 0 Å². The number of benzene rings is 1. The Labute approximate surface area is 141 Å². The smallest absolute Gasteiger partial charge is 0.315 e. The number of nitrogens with zero attached hydrogens (tertiary/aromatic N) is 1. The van der Waals surface area contributed by atoms with Crippen LogP contribution in [0.2, 0.25) is 0 Å². The second kappa shape index (κ2) is 8.13. The van der Waals surface area contributed by atoms with Gasteiger partial charge in [-0.1, -0.05) is 36.4 Å². The van der Waals surface area contributed by atoms with E-state index < -0.39 is 0 Å². The Morgan fingerprint density at radius 1 is 1.09 bits per heavy atom. The third-order valence-corrected chi connectivity index (χ3v) is 5.10. The van der Waals surface area contributed by atoms with Crippen LogP contribution in [-0.4, -0.2) is 30.6 Å². The molecule has 0 spiro atoms. The minimum atomic E-state index is -0.0986. The van der Waals surface area contributed by atoms with Gasteiger partial charge in [-0.25, -0.2) is 4.79 Å². The van der Waals surface area contributed by atoms with Crippen molar-refractivity contribution in [1.29, 1.82) is 0 Å². The number of nitrogens with one attached hydrogen (secondary N) is 2. The second-order valence-electron chi connectivity index (χ2n) is 5.81. The largest absolute Gasteiger partial charge is 0.336 e. The molecule has 2 heterocycles. The SMILES string of the molecule is O=C(NCc1cccs1)NCC(c1ccccc1)N1CCCC1. The lowest BCUT2D eigenvalue weighted by molar-refractivity contribution is 0.220. The van der Waals surface area contributed by atoms with E-state index in [1.807, 2.05) is 23.6 Å². The van der Waals surface area contributed by atoms with Gasteiger partial charge in [0, 0.05) is 11.4 Å². The normalized spacial score (nSPS) is 16.2. The fourth-order valence-electron chi connectivity index (χ4n) is 3.02. The van der Waals surface area contributed by atoms with Crippen molar-refractivity contribution >= 4 is 17.4 Å². The zero-order valence-corrected chi connectivity index (χ0v) is 14.0. The summed E-state index contributed by atoms with van der Waals surface area (Å²) in [6.45, 7) is 3.44. The maximum atomic E-state index is 12.1. The van der Waals surface area contributed by atoms with Gasteiger partial charge in [0.15, 0.2) is 0 Å². The van der Waals surface area contributed by atoms with Gasteiger partial charge in [0.25, 0.3) is 0 Å². The second-order valence-corrected chi connectivity index (χ2v) is 6.84. The van der Waals surface area contributed by atoms with Gasteiger partial charge in [-0.05, 0) is 42.9 Å². The van der Waals surface area contributed by atoms with E-state index in [0.29, 0.717) is 13.1 Å². The van der Waals surface area contributed by atoms with Crippen LogP contribution < -0.4 is 10.6 Å². The van der Waals surface area contributed by atoms with Crippen molar-refractivity contribution < 1.29 is 4.79 Å². The molecule has 1 aliphatic heterocycles. The van der Waals surface area contributed by atoms with E-state index in [1.165, 1.54) is 23.3 Å². The number of hydrogen-bond donors (Lipinski definition) is 2. The van der Waals surface area contributed by atoms with Crippen LogP contribution in [0.4, 0.5) is 4.79 Å². The average Bonchev–Trinajstić information content (AvgIpc) is 3.28. The van der Waals surface area contributed by atoms with Gasteiger partial charge in [0.05, 0.1) is 12.6 Å². The van der Waals surface area contributed by atoms with Crippen molar-refractivity contribution in [3.8, 4) is 0 Å². The highest BCUT2D eigenvalue weighted by molar-refractivity contribution is 7.09. The number of amides is 2. The third kappa shape index (κ3) is 4.56. The minimum absolute atomic E-state index is 0.0986. The molecule has 1 saturated heterocycles. The van der Waals surface area contributed by atoms with E-state index >= 15 is 0 Å². The monoisotopic (exact) mass is 329 g/mol. The van der Waals surface area contributed by atoms with E-state index in [4.69, 9.17) is 0 Å². The first kappa shape index (κ1) is 16.0. The summed E-state index contributed by atoms with van der Waals surface area (Å²) < 4.78 is 0. The Morgan fingerprint density at radius 3 is 2.57 bits per heavy atom. The van der Waals surface area contributed by atoms with Gasteiger partial charge in [0.1, 0.15) is 0 Å². The maximum absolute atomic E-state index is 12.1. The third-order valence-electron chi connectivity index (χ3n) is 4.23. The maximum Gasteiger partial charge on any atom is 0.315 e. The molecule has 122 valence electrons. The molecule has 2 N–H and O–H groups in total. The number of rotatable bonds is 6. The first-order chi connectivity index (χ1) is 11.3. The van der Waals surface area contributed by atoms with E-state index in [9.17, 15) is 4.79 Å². The Kier molecular flexibility index (Phi) is 5.66. The molecule has 1 aromatic carbocycles. The van der Waals surface area contributed by atoms with Gasteiger partial charge >= 0.3 is 6.03 Å². The Balaban J connectivity index is 1.54. The fraction of sp³-hybridized carbons (Fsp3) is 0.389. The number of carbonyl (C=O) groups excluding carboxylic acids is 1. The van der Waals surface area contributed by atoms with Gasteiger partial charge in [-0.2, -0.15) is 0 Å². The molecule has 0 saturated carbocycles. The van der Waals surface area contributed by atoms with Gasteiger partial charge in [-0.15, -0.1) is 11.3 Å². The quantitative estimate of drug-likeness (QED) is 0.853. The summed E-state index contributed by atoms with van der Waals surface area (Å²) in [5, 5.41) is 7.98. The van der Waals surface area contributed by atoms with Crippen molar-refractivity contribution in [2.24, 2.45) is 0 Å². The van der Waals surface area contributed by atoms with Crippen molar-refractivity contribution in [3.63, 3.8) is 0 Å². The van der Waals surface area contributed by atoms with Crippen LogP contribution in [0.15, 0.2) is 47.8 Å². The highest BCUT2D eigenvalue weighted by Crippen LogP contribution is 2.24. The fourth-order valence-corrected chi connectivity index (χ4v) is 3.66. The van der Waals surface area contributed by atoms with E-state index in [2.05, 4.69) is 39.8 Å². The molecule has 1 unspecified atom stereocenters. The lowest BCUT2D eigenvalue weighted by atomic mass is 10.1. The first-order valence-electron chi connectivity index (χ1n) is 8.16. The lowest BCUT2D eigenvalue weighted by Gasteiger charge is -2.28. The van der Waals surface area contributed by atoms with Crippen LogP contribution in [0.25, 0.3) is 0 Å². The molecule has 0 aliphatic carbocycles. The van der Waals surface area contributed by atoms with Crippen molar-refractivity contribution in [2.45, 2.75) is 25.4 Å². The van der Waals surface area contributed by atoms with E-state index in [1.54, 1.807) is 11.3 Å². The highest BCUT2D eigenvalue weighted by Gasteiger charge is 2.23. The molecule has 0 bridgehead atoms. The molecule has 3 rings (SSSR count). The summed E-state index contributed by atoms with van der Waals surface area (Å²) in [7, 11) is 0. The van der Waals surface area contributed by atoms with E-state index in [0.717, 1.165) is 13.1 Å². The lowest BCUT2D eigenvalue weighted by Crippen LogP contribution is -2.41. The molecule has 2 amide bonds. The Morgan fingerprint density at radius 2 is 1.87 bits per heavy atom. The molecular formula is C18H23N3OS. The van der Waals surface area contributed by atoms with Crippen LogP contribution in [-0.2, 0) is 6.54 Å². The van der Waals surface area contributed by atoms with Gasteiger partial charge < -0.3 is 10.6 Å². The summed E-state index contributed by atoms with van der Waals surface area (Å²) in [6.07, 6.45) is 2.49. The molecule has 1 atom stereocenters. The molecule has 0 radical (unpaired) electrons. The summed E-state index contributed by atoms with van der Waals surface area (Å²) in [4.78, 5) is 15.7. The Hall–Kier alpha value is -1.85. The zero-order chi connectivity index (χ0) is 15.9. The molecule has 4 nitrogen and oxygen atoms in total. The number of urea groups is 1. The Bertz CT molecular complexity index is 594. The zero-order valence-electron chi connectivity index (χ0n) is 13.2. The predicted molar refractivity (Wildman–Crippen MR) is 94.5 cm³/mol. The van der Waals surface area contributed by atoms with Gasteiger partial charge in [0.2, 0.25) is 0 Å². The molecule has 1 aromatic heterocycles. The highest BCUT2D eigenvalue weighted by atomic mass is 32.1. The molecule has 23 heavy (non-hydrogen) atoms. The minimum Gasteiger partial charge on any atom is -0.336 e. The number of thiophene rings is 1. The summed E-state index contributed by atoms with van der Waals surface area (Å²) in [6, 6.07) is 14.6. The van der Waals surface area contributed by atoms with Crippen molar-refractivity contribution in [1.82, 2.24) is 15.5 Å². The molecule has 1 fully saturated rings. The summed E-state index contributed by atoms with van der Waals surface area (Å²) in [5.74, 6) is 0. The van der Waals surface area contributed by atoms with Crippen LogP contribution in [0, 0.1) is 0 Å². The number of carbonyl (C=O) groups is 1. The molecule has 1 aliphatic rings. The first-order valence-corrected chi connectivity index (χ1v) is 9.04. The van der Waals surface area contributed by atoms with Crippen molar-refractivity contribution in [3.05, 3.63) is 58.3 Å². The van der Waals surface area contributed by atoms with Crippen molar-refractivity contribution in [2.75, 3.05) is 19.6 Å². The van der Waals surface area contributed by atoms with Crippen LogP contribution >= 0.6 is 11.3 Å². The van der Waals surface area contributed by atoms with Crippen LogP contribution in [0.5, 0.6) is 0 Å². The molecule has 5 heteroatoms. The topological polar surface area (TPSA) is 44.4 Å². The van der Waals surface area contributed by atoms with Crippen LogP contribution in [0.1, 0.15) is 29.3 Å². The number of likely N-dealkylation sites (tertiary alicyclic amines) is 1. The van der Waals surface area contributed by atoms with Gasteiger partial charge in [-0.3, -0.25) is 4.90 Å². The number of hydrogen-bond acceptors (Lipinski definition) is 3. The average molecular weight is 329 g/mol.